The van der Waals surface area contributed by atoms with Crippen LogP contribution >= 0.6 is 0 Å². The highest BCUT2D eigenvalue weighted by molar-refractivity contribution is 5.70. The van der Waals surface area contributed by atoms with Crippen molar-refractivity contribution >= 4 is 5.97 Å². The van der Waals surface area contributed by atoms with E-state index in [0.29, 0.717) is 36.6 Å². The van der Waals surface area contributed by atoms with Gasteiger partial charge in [-0.25, -0.2) is 4.39 Å². The number of carbonyl (C=O) groups is 1. The van der Waals surface area contributed by atoms with Gasteiger partial charge >= 0.3 is 5.97 Å². The first-order chi connectivity index (χ1) is 11.6. The van der Waals surface area contributed by atoms with E-state index in [0.717, 1.165) is 25.8 Å². The Kier molecular flexibility index (Phi) is 6.85. The highest BCUT2D eigenvalue weighted by Crippen LogP contribution is 2.31. The summed E-state index contributed by atoms with van der Waals surface area (Å²) in [6, 6.07) is 3.10. The second-order valence-corrected chi connectivity index (χ2v) is 5.93. The van der Waals surface area contributed by atoms with Gasteiger partial charge in [0.25, 0.3) is 0 Å². The number of hydrogen-bond acceptors (Lipinski definition) is 5. The van der Waals surface area contributed by atoms with Crippen LogP contribution in [0, 0.1) is 5.82 Å². The highest BCUT2D eigenvalue weighted by atomic mass is 19.1. The summed E-state index contributed by atoms with van der Waals surface area (Å²) in [5.74, 6) is 0.364. The summed E-state index contributed by atoms with van der Waals surface area (Å²) in [7, 11) is 3.01. The number of likely N-dealkylation sites (tertiary alicyclic amines) is 1. The summed E-state index contributed by atoms with van der Waals surface area (Å²) in [6.07, 6.45) is 3.40. The number of hydrogen-bond donors (Lipinski definition) is 0. The number of rotatable bonds is 7. The van der Waals surface area contributed by atoms with Gasteiger partial charge in [-0.2, -0.15) is 0 Å². The number of nitrogens with zero attached hydrogens (tertiary/aromatic N) is 1. The molecule has 1 saturated heterocycles. The van der Waals surface area contributed by atoms with Crippen molar-refractivity contribution in [2.45, 2.75) is 45.2 Å². The van der Waals surface area contributed by atoms with Crippen LogP contribution in [0.1, 0.15) is 38.2 Å². The van der Waals surface area contributed by atoms with Crippen molar-refractivity contribution in [3.8, 4) is 11.5 Å². The van der Waals surface area contributed by atoms with Gasteiger partial charge < -0.3 is 14.2 Å². The van der Waals surface area contributed by atoms with Crippen LogP contribution < -0.4 is 9.47 Å². The molecule has 0 aliphatic carbocycles. The smallest absolute Gasteiger partial charge is 0.307 e. The molecule has 0 amide bonds. The third-order valence-electron chi connectivity index (χ3n) is 4.38. The largest absolute Gasteiger partial charge is 0.493 e. The molecule has 5 nitrogen and oxygen atoms in total. The van der Waals surface area contributed by atoms with Crippen molar-refractivity contribution in [3.05, 3.63) is 23.5 Å². The van der Waals surface area contributed by atoms with Crippen LogP contribution in [-0.2, 0) is 16.1 Å². The van der Waals surface area contributed by atoms with Gasteiger partial charge in [-0.3, -0.25) is 9.69 Å². The Balaban J connectivity index is 2.13. The number of ether oxygens (including phenoxy) is 3. The van der Waals surface area contributed by atoms with E-state index in [9.17, 15) is 9.18 Å². The first-order valence-electron chi connectivity index (χ1n) is 8.39. The third kappa shape index (κ3) is 4.60. The quantitative estimate of drug-likeness (QED) is 0.714. The molecule has 1 aliphatic heterocycles. The second-order valence-electron chi connectivity index (χ2n) is 5.93. The Morgan fingerprint density at radius 3 is 2.62 bits per heavy atom. The lowest BCUT2D eigenvalue weighted by Crippen LogP contribution is -2.40. The van der Waals surface area contributed by atoms with E-state index in [4.69, 9.17) is 14.2 Å². The third-order valence-corrected chi connectivity index (χ3v) is 4.38. The van der Waals surface area contributed by atoms with E-state index in [1.165, 1.54) is 20.3 Å². The Hall–Kier alpha value is -1.82. The number of methoxy groups -OCH3 is 2. The van der Waals surface area contributed by atoms with E-state index in [1.807, 2.05) is 0 Å². The van der Waals surface area contributed by atoms with E-state index in [2.05, 4.69) is 4.90 Å². The summed E-state index contributed by atoms with van der Waals surface area (Å²) in [6.45, 7) is 3.47. The number of halogens is 1. The van der Waals surface area contributed by atoms with E-state index in [-0.39, 0.29) is 17.8 Å². The maximum atomic E-state index is 14.4. The van der Waals surface area contributed by atoms with Gasteiger partial charge in [-0.1, -0.05) is 6.42 Å². The van der Waals surface area contributed by atoms with Crippen molar-refractivity contribution in [1.29, 1.82) is 0 Å². The topological polar surface area (TPSA) is 48.0 Å². The summed E-state index contributed by atoms with van der Waals surface area (Å²) < 4.78 is 29.8. The maximum absolute atomic E-state index is 14.4. The molecular weight excluding hydrogens is 313 g/mol. The SMILES string of the molecule is CCOC(=O)CC1CCCCN1Cc1cc(OC)c(OC)cc1F. The fourth-order valence-electron chi connectivity index (χ4n) is 3.15. The van der Waals surface area contributed by atoms with Crippen LogP contribution in [0.15, 0.2) is 12.1 Å². The molecule has 1 aliphatic rings. The van der Waals surface area contributed by atoms with Crippen LogP contribution in [0.3, 0.4) is 0 Å². The first-order valence-corrected chi connectivity index (χ1v) is 8.39. The number of piperidine rings is 1. The van der Waals surface area contributed by atoms with Crippen molar-refractivity contribution in [2.75, 3.05) is 27.4 Å². The summed E-state index contributed by atoms with van der Waals surface area (Å²) >= 11 is 0. The predicted molar refractivity (Wildman–Crippen MR) is 88.8 cm³/mol. The number of carbonyl (C=O) groups excluding carboxylic acids is 1. The fourth-order valence-corrected chi connectivity index (χ4v) is 3.15. The molecule has 1 aromatic rings. The lowest BCUT2D eigenvalue weighted by molar-refractivity contribution is -0.145. The number of benzene rings is 1. The minimum Gasteiger partial charge on any atom is -0.493 e. The average molecular weight is 339 g/mol. The summed E-state index contributed by atoms with van der Waals surface area (Å²) in [5, 5.41) is 0. The Morgan fingerprint density at radius 2 is 1.96 bits per heavy atom. The zero-order chi connectivity index (χ0) is 17.5. The lowest BCUT2D eigenvalue weighted by Gasteiger charge is -2.35. The van der Waals surface area contributed by atoms with Gasteiger partial charge in [0.2, 0.25) is 0 Å². The number of esters is 1. The molecular formula is C18H26FNO4. The Bertz CT molecular complexity index is 564. The average Bonchev–Trinajstić information content (AvgIpc) is 2.58. The summed E-state index contributed by atoms with van der Waals surface area (Å²) in [5.41, 5.74) is 0.545. The Morgan fingerprint density at radius 1 is 1.25 bits per heavy atom. The molecule has 6 heteroatoms. The minimum atomic E-state index is -0.326. The van der Waals surface area contributed by atoms with Gasteiger partial charge in [0.15, 0.2) is 11.5 Å². The van der Waals surface area contributed by atoms with Crippen molar-refractivity contribution < 1.29 is 23.4 Å². The van der Waals surface area contributed by atoms with Gasteiger partial charge in [0.05, 0.1) is 27.2 Å². The normalized spacial score (nSPS) is 18.2. The molecule has 1 atom stereocenters. The van der Waals surface area contributed by atoms with E-state index in [1.54, 1.807) is 13.0 Å². The molecule has 0 saturated carbocycles. The Labute approximate surface area is 142 Å². The molecule has 24 heavy (non-hydrogen) atoms. The van der Waals surface area contributed by atoms with E-state index < -0.39 is 0 Å². The van der Waals surface area contributed by atoms with Crippen molar-refractivity contribution in [1.82, 2.24) is 4.90 Å². The van der Waals surface area contributed by atoms with Crippen LogP contribution in [0.2, 0.25) is 0 Å². The van der Waals surface area contributed by atoms with Gasteiger partial charge in [0, 0.05) is 24.2 Å². The lowest BCUT2D eigenvalue weighted by atomic mass is 9.98. The molecule has 134 valence electrons. The van der Waals surface area contributed by atoms with Crippen LogP contribution in [-0.4, -0.2) is 44.3 Å². The maximum Gasteiger partial charge on any atom is 0.307 e. The second kappa shape index (κ2) is 8.87. The predicted octanol–water partition coefficient (Wildman–Crippen LogP) is 3.15. The van der Waals surface area contributed by atoms with Crippen molar-refractivity contribution in [3.63, 3.8) is 0 Å². The molecule has 2 rings (SSSR count). The molecule has 0 spiro atoms. The zero-order valence-electron chi connectivity index (χ0n) is 14.6. The first kappa shape index (κ1) is 18.5. The fraction of sp³-hybridized carbons (Fsp3) is 0.611. The van der Waals surface area contributed by atoms with Crippen LogP contribution in [0.25, 0.3) is 0 Å². The molecule has 1 aromatic carbocycles. The molecule has 0 N–H and O–H groups in total. The van der Waals surface area contributed by atoms with Crippen LogP contribution in [0.4, 0.5) is 4.39 Å². The van der Waals surface area contributed by atoms with Crippen LogP contribution in [0.5, 0.6) is 11.5 Å². The minimum absolute atomic E-state index is 0.0882. The molecule has 0 bridgehead atoms. The molecule has 0 aromatic heterocycles. The molecule has 1 fully saturated rings. The molecule has 1 heterocycles. The van der Waals surface area contributed by atoms with E-state index >= 15 is 0 Å². The standard InChI is InChI=1S/C18H26FNO4/c1-4-24-18(21)10-14-7-5-6-8-20(14)12-13-9-16(22-2)17(23-3)11-15(13)19/h9,11,14H,4-8,10,12H2,1-3H3. The molecule has 0 radical (unpaired) electrons. The van der Waals surface area contributed by atoms with Gasteiger partial charge in [0.1, 0.15) is 5.82 Å². The summed E-state index contributed by atoms with van der Waals surface area (Å²) in [4.78, 5) is 14.0. The van der Waals surface area contributed by atoms with Gasteiger partial charge in [-0.05, 0) is 32.4 Å². The highest BCUT2D eigenvalue weighted by Gasteiger charge is 2.26. The zero-order valence-corrected chi connectivity index (χ0v) is 14.6. The monoisotopic (exact) mass is 339 g/mol. The van der Waals surface area contributed by atoms with Gasteiger partial charge in [-0.15, -0.1) is 0 Å². The molecule has 1 unspecified atom stereocenters. The van der Waals surface area contributed by atoms with Crippen molar-refractivity contribution in [2.24, 2.45) is 0 Å².